The monoisotopic (exact) mass is 309 g/mol. The van der Waals surface area contributed by atoms with Gasteiger partial charge in [0.1, 0.15) is 0 Å². The highest BCUT2D eigenvalue weighted by Gasteiger charge is 2.55. The number of allylic oxidation sites excluding steroid dienone is 1. The van der Waals surface area contributed by atoms with Gasteiger partial charge in [0, 0.05) is 26.1 Å². The molecule has 2 aliphatic rings. The van der Waals surface area contributed by atoms with E-state index in [1.54, 1.807) is 12.1 Å². The molecule has 3 atom stereocenters. The summed E-state index contributed by atoms with van der Waals surface area (Å²) in [6.45, 7) is 6.03. The molecule has 0 spiro atoms. The van der Waals surface area contributed by atoms with Crippen molar-refractivity contribution in [3.05, 3.63) is 48.0 Å². The summed E-state index contributed by atoms with van der Waals surface area (Å²) in [6.07, 6.45) is -2.31. The number of carbonyl (C=O) groups excluding carboxylic acids is 1. The first-order valence-corrected chi connectivity index (χ1v) is 7.42. The van der Waals surface area contributed by atoms with Gasteiger partial charge in [-0.2, -0.15) is 13.2 Å². The molecule has 5 heteroatoms. The summed E-state index contributed by atoms with van der Waals surface area (Å²) in [6, 6.07) is 5.37. The van der Waals surface area contributed by atoms with Crippen molar-refractivity contribution in [3.63, 3.8) is 0 Å². The molecule has 2 fully saturated rings. The Kier molecular flexibility index (Phi) is 3.85. The van der Waals surface area contributed by atoms with Crippen molar-refractivity contribution in [1.82, 2.24) is 4.90 Å². The summed E-state index contributed by atoms with van der Waals surface area (Å²) >= 11 is 0. The average Bonchev–Trinajstić information content (AvgIpc) is 2.92. The van der Waals surface area contributed by atoms with Crippen molar-refractivity contribution in [3.8, 4) is 0 Å². The predicted molar refractivity (Wildman–Crippen MR) is 77.0 cm³/mol. The molecule has 22 heavy (non-hydrogen) atoms. The molecule has 1 unspecified atom stereocenters. The van der Waals surface area contributed by atoms with Gasteiger partial charge in [0.05, 0.1) is 5.56 Å². The lowest BCUT2D eigenvalue weighted by atomic mass is 10.1. The zero-order chi connectivity index (χ0) is 15.9. The van der Waals surface area contributed by atoms with Crippen molar-refractivity contribution in [2.45, 2.75) is 19.1 Å². The second kappa shape index (κ2) is 5.54. The molecule has 1 saturated carbocycles. The van der Waals surface area contributed by atoms with Crippen molar-refractivity contribution >= 4 is 5.78 Å². The molecule has 2 nitrogen and oxygen atoms in total. The first-order valence-electron chi connectivity index (χ1n) is 7.42. The van der Waals surface area contributed by atoms with E-state index in [0.29, 0.717) is 30.7 Å². The van der Waals surface area contributed by atoms with Crippen molar-refractivity contribution < 1.29 is 18.0 Å². The first kappa shape index (κ1) is 15.3. The maximum absolute atomic E-state index is 12.5. The van der Waals surface area contributed by atoms with E-state index in [1.165, 1.54) is 6.08 Å². The number of carbonyl (C=O) groups is 1. The molecule has 1 aromatic carbocycles. The van der Waals surface area contributed by atoms with Crippen LogP contribution in [0.25, 0.3) is 0 Å². The number of likely N-dealkylation sites (tertiary alicyclic amines) is 1. The van der Waals surface area contributed by atoms with Gasteiger partial charge in [-0.25, -0.2) is 0 Å². The number of halogens is 3. The summed E-state index contributed by atoms with van der Waals surface area (Å²) in [7, 11) is 0. The minimum atomic E-state index is -4.28. The highest BCUT2D eigenvalue weighted by Crippen LogP contribution is 2.53. The molecule has 1 saturated heterocycles. The molecular weight excluding hydrogens is 291 g/mol. The fraction of sp³-hybridized carbons (Fsp3) is 0.471. The van der Waals surface area contributed by atoms with Gasteiger partial charge in [0.2, 0.25) is 0 Å². The van der Waals surface area contributed by atoms with E-state index < -0.39 is 11.7 Å². The maximum atomic E-state index is 12.5. The molecule has 0 N–H and O–H groups in total. The van der Waals surface area contributed by atoms with E-state index >= 15 is 0 Å². The number of fused-ring (bicyclic) bond motifs is 1. The van der Waals surface area contributed by atoms with Crippen LogP contribution in [0.5, 0.6) is 0 Å². The molecule has 0 radical (unpaired) electrons. The Labute approximate surface area is 127 Å². The van der Waals surface area contributed by atoms with Crippen LogP contribution in [0.15, 0.2) is 36.9 Å². The zero-order valence-corrected chi connectivity index (χ0v) is 12.1. The predicted octanol–water partition coefficient (Wildman–Crippen LogP) is 3.53. The van der Waals surface area contributed by atoms with Crippen LogP contribution in [0, 0.1) is 17.8 Å². The Balaban J connectivity index is 1.51. The highest BCUT2D eigenvalue weighted by atomic mass is 19.4. The van der Waals surface area contributed by atoms with Gasteiger partial charge in [-0.15, -0.1) is 0 Å². The highest BCUT2D eigenvalue weighted by molar-refractivity contribution is 5.89. The van der Waals surface area contributed by atoms with Crippen LogP contribution in [0.2, 0.25) is 0 Å². The van der Waals surface area contributed by atoms with E-state index in [9.17, 15) is 18.0 Å². The third-order valence-corrected chi connectivity index (χ3v) is 4.80. The van der Waals surface area contributed by atoms with E-state index in [1.807, 2.05) is 0 Å². The van der Waals surface area contributed by atoms with Gasteiger partial charge < -0.3 is 0 Å². The Morgan fingerprint density at radius 1 is 1.23 bits per heavy atom. The Morgan fingerprint density at radius 2 is 1.82 bits per heavy atom. The molecule has 3 rings (SSSR count). The number of hydrogen-bond acceptors (Lipinski definition) is 2. The van der Waals surface area contributed by atoms with Crippen LogP contribution in [0.1, 0.15) is 17.5 Å². The second-order valence-electron chi connectivity index (χ2n) is 6.25. The van der Waals surface area contributed by atoms with Gasteiger partial charge in [-0.05, 0) is 41.5 Å². The maximum Gasteiger partial charge on any atom is 0.416 e. The number of rotatable bonds is 5. The molecule has 118 valence electrons. The van der Waals surface area contributed by atoms with Crippen molar-refractivity contribution in [1.29, 1.82) is 0 Å². The number of alkyl halides is 3. The van der Waals surface area contributed by atoms with Gasteiger partial charge in [0.25, 0.3) is 0 Å². The first-order chi connectivity index (χ1) is 10.4. The molecule has 1 aromatic rings. The lowest BCUT2D eigenvalue weighted by Gasteiger charge is -2.19. The number of ketones is 1. The van der Waals surface area contributed by atoms with Crippen LogP contribution in [0.3, 0.4) is 0 Å². The number of piperidine rings is 1. The van der Waals surface area contributed by atoms with Crippen molar-refractivity contribution in [2.24, 2.45) is 17.8 Å². The number of hydrogen-bond donors (Lipinski definition) is 0. The molecule has 0 aromatic heterocycles. The van der Waals surface area contributed by atoms with E-state index in [-0.39, 0.29) is 5.78 Å². The van der Waals surface area contributed by atoms with Crippen molar-refractivity contribution in [2.75, 3.05) is 13.1 Å². The molecule has 0 bridgehead atoms. The zero-order valence-electron chi connectivity index (χ0n) is 12.1. The third kappa shape index (κ3) is 3.09. The lowest BCUT2D eigenvalue weighted by molar-refractivity contribution is -0.137. The number of benzene rings is 1. The van der Waals surface area contributed by atoms with Gasteiger partial charge in [0.15, 0.2) is 5.78 Å². The summed E-state index contributed by atoms with van der Waals surface area (Å²) in [5.74, 6) is 1.72. The fourth-order valence-corrected chi connectivity index (χ4v) is 3.54. The minimum absolute atomic E-state index is 0.105. The summed E-state index contributed by atoms with van der Waals surface area (Å²) in [5, 5.41) is 0. The summed E-state index contributed by atoms with van der Waals surface area (Å²) in [5.41, 5.74) is 0.288. The van der Waals surface area contributed by atoms with Crippen LogP contribution < -0.4 is 0 Å². The van der Waals surface area contributed by atoms with Gasteiger partial charge in [-0.3, -0.25) is 9.69 Å². The Morgan fingerprint density at radius 3 is 2.32 bits per heavy atom. The van der Waals surface area contributed by atoms with Crippen LogP contribution >= 0.6 is 0 Å². The Bertz CT molecular complexity index is 567. The normalized spacial score (nSPS) is 27.5. The SMILES string of the molecule is C=CC(=O)CC1[C@H]2CN(Cc3ccc(C(F)(F)F)cc3)C[C@@H]12. The second-order valence-corrected chi connectivity index (χ2v) is 6.25. The van der Waals surface area contributed by atoms with Crippen LogP contribution in [-0.2, 0) is 17.5 Å². The van der Waals surface area contributed by atoms with Crippen LogP contribution in [-0.4, -0.2) is 23.8 Å². The van der Waals surface area contributed by atoms with E-state index in [4.69, 9.17) is 0 Å². The number of nitrogens with zero attached hydrogens (tertiary/aromatic N) is 1. The smallest absolute Gasteiger partial charge is 0.298 e. The minimum Gasteiger partial charge on any atom is -0.298 e. The Hall–Kier alpha value is -1.62. The molecule has 1 heterocycles. The van der Waals surface area contributed by atoms with E-state index in [2.05, 4.69) is 11.5 Å². The molecular formula is C17H18F3NO. The summed E-state index contributed by atoms with van der Waals surface area (Å²) in [4.78, 5) is 13.6. The standard InChI is InChI=1S/C17H18F3NO/c1-2-13(22)7-14-15-9-21(10-16(14)15)8-11-3-5-12(6-4-11)17(18,19)20/h2-6,14-16H,1,7-10H2/t14?,15-,16+. The molecule has 0 amide bonds. The van der Waals surface area contributed by atoms with Gasteiger partial charge >= 0.3 is 6.18 Å². The fourth-order valence-electron chi connectivity index (χ4n) is 3.54. The van der Waals surface area contributed by atoms with Crippen LogP contribution in [0.4, 0.5) is 13.2 Å². The van der Waals surface area contributed by atoms with Gasteiger partial charge in [-0.1, -0.05) is 18.7 Å². The lowest BCUT2D eigenvalue weighted by Crippen LogP contribution is -2.24. The average molecular weight is 309 g/mol. The quantitative estimate of drug-likeness (QED) is 0.776. The molecule has 1 aliphatic carbocycles. The largest absolute Gasteiger partial charge is 0.416 e. The van der Waals surface area contributed by atoms with E-state index in [0.717, 1.165) is 30.8 Å². The summed E-state index contributed by atoms with van der Waals surface area (Å²) < 4.78 is 37.5. The topological polar surface area (TPSA) is 20.3 Å². The molecule has 1 aliphatic heterocycles. The third-order valence-electron chi connectivity index (χ3n) is 4.80.